The number of pyridine rings is 1. The fourth-order valence-electron chi connectivity index (χ4n) is 5.64. The van der Waals surface area contributed by atoms with Crippen molar-refractivity contribution in [2.75, 3.05) is 13.1 Å². The van der Waals surface area contributed by atoms with Crippen molar-refractivity contribution >= 4 is 33.5 Å². The molecule has 0 aliphatic carbocycles. The van der Waals surface area contributed by atoms with Crippen molar-refractivity contribution < 1.29 is 19.3 Å². The summed E-state index contributed by atoms with van der Waals surface area (Å²) in [5.74, 6) is 0.841. The number of fused-ring (bicyclic) bond motifs is 3. The van der Waals surface area contributed by atoms with Crippen molar-refractivity contribution in [3.05, 3.63) is 71.2 Å². The van der Waals surface area contributed by atoms with Gasteiger partial charge >= 0.3 is 6.01 Å². The van der Waals surface area contributed by atoms with Crippen molar-refractivity contribution in [1.82, 2.24) is 29.4 Å². The van der Waals surface area contributed by atoms with Crippen LogP contribution in [0, 0.1) is 19.7 Å². The van der Waals surface area contributed by atoms with Crippen molar-refractivity contribution in [2.45, 2.75) is 52.0 Å². The SMILES string of the molecule is Cc1ccnc(Oc2ccc(-c3cc4c(cc3F)ncc3nc(C)n(C5CCN(C(O)C(C)O)CC5)c34)c(Cl)c2)n1. The lowest BCUT2D eigenvalue weighted by molar-refractivity contribution is -0.0858. The van der Waals surface area contributed by atoms with Crippen LogP contribution in [0.15, 0.2) is 48.8 Å². The fraction of sp³-hybridized carbons (Fsp3) is 0.333. The Morgan fingerprint density at radius 2 is 1.78 bits per heavy atom. The van der Waals surface area contributed by atoms with Crippen LogP contribution in [0.5, 0.6) is 11.8 Å². The van der Waals surface area contributed by atoms with Crippen LogP contribution in [0.2, 0.25) is 5.02 Å². The van der Waals surface area contributed by atoms with Gasteiger partial charge in [0.05, 0.1) is 28.4 Å². The Morgan fingerprint density at radius 1 is 1.00 bits per heavy atom. The number of halogens is 2. The van der Waals surface area contributed by atoms with Gasteiger partial charge in [0.2, 0.25) is 0 Å². The number of piperidine rings is 1. The highest BCUT2D eigenvalue weighted by Crippen LogP contribution is 2.38. The molecule has 2 aromatic carbocycles. The Labute approximate surface area is 241 Å². The molecule has 1 saturated heterocycles. The summed E-state index contributed by atoms with van der Waals surface area (Å²) < 4.78 is 23.5. The third kappa shape index (κ3) is 5.24. The van der Waals surface area contributed by atoms with Gasteiger partial charge in [-0.05, 0) is 57.9 Å². The number of aryl methyl sites for hydroxylation is 2. The molecule has 0 saturated carbocycles. The van der Waals surface area contributed by atoms with Gasteiger partial charge in [-0.3, -0.25) is 9.88 Å². The summed E-state index contributed by atoms with van der Waals surface area (Å²) in [6, 6.07) is 10.4. The summed E-state index contributed by atoms with van der Waals surface area (Å²) in [6.07, 6.45) is 3.12. The number of ether oxygens (including phenoxy) is 1. The van der Waals surface area contributed by atoms with Crippen LogP contribution in [0.25, 0.3) is 33.1 Å². The Hall–Kier alpha value is -3.70. The number of rotatable bonds is 6. The van der Waals surface area contributed by atoms with E-state index in [9.17, 15) is 10.2 Å². The van der Waals surface area contributed by atoms with E-state index in [0.717, 1.165) is 40.8 Å². The zero-order valence-electron chi connectivity index (χ0n) is 22.9. The van der Waals surface area contributed by atoms with Gasteiger partial charge in [0.15, 0.2) is 0 Å². The summed E-state index contributed by atoms with van der Waals surface area (Å²) in [5, 5.41) is 21.2. The van der Waals surface area contributed by atoms with E-state index in [1.54, 1.807) is 49.6 Å². The molecule has 1 fully saturated rings. The first-order valence-corrected chi connectivity index (χ1v) is 13.9. The Balaban J connectivity index is 1.38. The van der Waals surface area contributed by atoms with E-state index in [4.69, 9.17) is 21.3 Å². The van der Waals surface area contributed by atoms with E-state index in [0.29, 0.717) is 40.5 Å². The van der Waals surface area contributed by atoms with E-state index in [2.05, 4.69) is 19.5 Å². The predicted molar refractivity (Wildman–Crippen MR) is 155 cm³/mol. The first kappa shape index (κ1) is 27.5. The quantitative estimate of drug-likeness (QED) is 0.270. The zero-order chi connectivity index (χ0) is 28.8. The number of benzene rings is 2. The lowest BCUT2D eigenvalue weighted by atomic mass is 10.0. The highest BCUT2D eigenvalue weighted by Gasteiger charge is 2.29. The Bertz CT molecular complexity index is 1750. The number of likely N-dealkylation sites (tertiary alicyclic amines) is 1. The standard InChI is InChI=1S/C30H30ClFN6O3/c1-16-6-9-33-30(35-16)41-20-4-5-21(24(31)12-20)22-13-23-26(14-25(22)32)34-15-27-28(23)38(18(3)36-27)19-7-10-37(11-8-19)29(40)17(2)39/h4-6,9,12-15,17,19,29,39-40H,7-8,10-11H2,1-3H3. The van der Waals surface area contributed by atoms with Gasteiger partial charge in [-0.25, -0.2) is 19.3 Å². The van der Waals surface area contributed by atoms with Gasteiger partial charge in [-0.1, -0.05) is 11.6 Å². The first-order valence-electron chi connectivity index (χ1n) is 13.5. The van der Waals surface area contributed by atoms with Crippen molar-refractivity contribution in [3.63, 3.8) is 0 Å². The Morgan fingerprint density at radius 3 is 2.49 bits per heavy atom. The molecule has 0 spiro atoms. The van der Waals surface area contributed by atoms with Gasteiger partial charge in [0.1, 0.15) is 29.1 Å². The van der Waals surface area contributed by atoms with Crippen molar-refractivity contribution in [3.8, 4) is 22.9 Å². The molecule has 1 aliphatic heterocycles. The second-order valence-electron chi connectivity index (χ2n) is 10.5. The molecule has 212 valence electrons. The maximum atomic E-state index is 15.5. The van der Waals surface area contributed by atoms with Gasteiger partial charge in [0.25, 0.3) is 0 Å². The number of imidazole rings is 1. The predicted octanol–water partition coefficient (Wildman–Crippen LogP) is 5.58. The normalized spacial score (nSPS) is 16.4. The van der Waals surface area contributed by atoms with Crippen LogP contribution >= 0.6 is 11.6 Å². The van der Waals surface area contributed by atoms with Gasteiger partial charge in [0, 0.05) is 59.7 Å². The number of aliphatic hydroxyl groups excluding tert-OH is 2. The second-order valence-corrected chi connectivity index (χ2v) is 10.9. The van der Waals surface area contributed by atoms with E-state index in [1.165, 1.54) is 6.07 Å². The van der Waals surface area contributed by atoms with Crippen molar-refractivity contribution in [2.24, 2.45) is 0 Å². The maximum absolute atomic E-state index is 15.5. The van der Waals surface area contributed by atoms with E-state index < -0.39 is 18.1 Å². The number of nitrogens with zero attached hydrogens (tertiary/aromatic N) is 6. The molecule has 0 radical (unpaired) electrons. The molecule has 9 nitrogen and oxygen atoms in total. The van der Waals surface area contributed by atoms with Crippen LogP contribution in [-0.4, -0.2) is 65.0 Å². The molecule has 11 heteroatoms. The maximum Gasteiger partial charge on any atom is 0.322 e. The minimum Gasteiger partial charge on any atom is -0.424 e. The summed E-state index contributed by atoms with van der Waals surface area (Å²) >= 11 is 6.66. The number of hydrogen-bond acceptors (Lipinski definition) is 8. The first-order chi connectivity index (χ1) is 19.7. The lowest BCUT2D eigenvalue weighted by Crippen LogP contribution is -2.46. The van der Waals surface area contributed by atoms with E-state index in [-0.39, 0.29) is 12.1 Å². The van der Waals surface area contributed by atoms with E-state index in [1.807, 2.05) is 18.7 Å². The highest BCUT2D eigenvalue weighted by molar-refractivity contribution is 6.33. The lowest BCUT2D eigenvalue weighted by Gasteiger charge is -2.37. The molecule has 6 rings (SSSR count). The molecule has 41 heavy (non-hydrogen) atoms. The zero-order valence-corrected chi connectivity index (χ0v) is 23.7. The minimum absolute atomic E-state index is 0.125. The monoisotopic (exact) mass is 576 g/mol. The summed E-state index contributed by atoms with van der Waals surface area (Å²) in [4.78, 5) is 19.5. The molecule has 2 N–H and O–H groups in total. The number of aromatic nitrogens is 5. The second kappa shape index (κ2) is 10.9. The minimum atomic E-state index is -0.891. The van der Waals surface area contributed by atoms with E-state index >= 15 is 4.39 Å². The summed E-state index contributed by atoms with van der Waals surface area (Å²) in [6.45, 7) is 6.66. The molecule has 2 unspecified atom stereocenters. The molecular formula is C30H30ClFN6O3. The molecule has 4 heterocycles. The van der Waals surface area contributed by atoms with Crippen molar-refractivity contribution in [1.29, 1.82) is 0 Å². The molecule has 3 aromatic heterocycles. The third-order valence-electron chi connectivity index (χ3n) is 7.66. The largest absolute Gasteiger partial charge is 0.424 e. The van der Waals surface area contributed by atoms with Crippen LogP contribution in [0.3, 0.4) is 0 Å². The van der Waals surface area contributed by atoms with Gasteiger partial charge < -0.3 is 19.5 Å². The van der Waals surface area contributed by atoms with Crippen LogP contribution in [0.1, 0.15) is 37.3 Å². The molecule has 5 aromatic rings. The molecular weight excluding hydrogens is 547 g/mol. The smallest absolute Gasteiger partial charge is 0.322 e. The summed E-state index contributed by atoms with van der Waals surface area (Å²) in [5.41, 5.74) is 3.77. The molecule has 0 bridgehead atoms. The van der Waals surface area contributed by atoms with Gasteiger partial charge in [-0.15, -0.1) is 0 Å². The Kier molecular flexibility index (Phi) is 7.33. The molecule has 1 aliphatic rings. The third-order valence-corrected chi connectivity index (χ3v) is 7.98. The van der Waals surface area contributed by atoms with Crippen LogP contribution in [0.4, 0.5) is 4.39 Å². The highest BCUT2D eigenvalue weighted by atomic mass is 35.5. The fourth-order valence-corrected chi connectivity index (χ4v) is 5.91. The topological polar surface area (TPSA) is 109 Å². The van der Waals surface area contributed by atoms with Crippen LogP contribution in [-0.2, 0) is 0 Å². The number of aliphatic hydroxyl groups is 2. The van der Waals surface area contributed by atoms with Gasteiger partial charge in [-0.2, -0.15) is 0 Å². The van der Waals surface area contributed by atoms with Crippen LogP contribution < -0.4 is 4.74 Å². The summed E-state index contributed by atoms with van der Waals surface area (Å²) in [7, 11) is 0. The molecule has 2 atom stereocenters. The average molecular weight is 577 g/mol. The number of hydrogen-bond donors (Lipinski definition) is 2. The average Bonchev–Trinajstić information content (AvgIpc) is 3.29. The molecule has 0 amide bonds.